The number of rotatable bonds is 8. The summed E-state index contributed by atoms with van der Waals surface area (Å²) in [5, 5.41) is 3.73. The molecule has 4 rings (SSSR count). The molecule has 0 fully saturated rings. The molecule has 1 amide bonds. The van der Waals surface area contributed by atoms with Gasteiger partial charge in [-0.05, 0) is 35.4 Å². The Kier molecular flexibility index (Phi) is 6.87. The number of aryl methyl sites for hydroxylation is 1. The molecule has 1 atom stereocenters. The first-order valence-corrected chi connectivity index (χ1v) is 10.7. The van der Waals surface area contributed by atoms with Gasteiger partial charge in [-0.25, -0.2) is 4.98 Å². The standard InChI is InChI=1S/C26H23ClN2O3/c1-31-20-13-11-19(12-14-20)26(18-7-3-2-4-8-18)29-24(30)15-16-25-28-17-23(32-25)21-9-5-6-10-22(21)27/h2-14,17,26H,15-16H2,1H3,(H,29,30). The third kappa shape index (κ3) is 5.18. The van der Waals surface area contributed by atoms with E-state index in [1.807, 2.05) is 72.8 Å². The number of benzene rings is 3. The van der Waals surface area contributed by atoms with Crippen LogP contribution in [0.2, 0.25) is 5.02 Å². The average Bonchev–Trinajstić information content (AvgIpc) is 3.31. The van der Waals surface area contributed by atoms with Gasteiger partial charge >= 0.3 is 0 Å². The van der Waals surface area contributed by atoms with Crippen molar-refractivity contribution in [3.05, 3.63) is 107 Å². The highest BCUT2D eigenvalue weighted by Crippen LogP contribution is 2.28. The van der Waals surface area contributed by atoms with Crippen LogP contribution in [0.3, 0.4) is 0 Å². The van der Waals surface area contributed by atoms with Gasteiger partial charge in [-0.2, -0.15) is 0 Å². The van der Waals surface area contributed by atoms with E-state index in [4.69, 9.17) is 20.8 Å². The number of nitrogens with one attached hydrogen (secondary N) is 1. The number of methoxy groups -OCH3 is 1. The van der Waals surface area contributed by atoms with Crippen LogP contribution in [-0.2, 0) is 11.2 Å². The summed E-state index contributed by atoms with van der Waals surface area (Å²) in [4.78, 5) is 17.1. The normalized spacial score (nSPS) is 11.7. The molecule has 0 radical (unpaired) electrons. The maximum atomic E-state index is 12.8. The highest BCUT2D eigenvalue weighted by Gasteiger charge is 2.18. The van der Waals surface area contributed by atoms with Crippen LogP contribution in [0, 0.1) is 0 Å². The van der Waals surface area contributed by atoms with Gasteiger partial charge in [0.2, 0.25) is 5.91 Å². The lowest BCUT2D eigenvalue weighted by Crippen LogP contribution is -2.29. The number of ether oxygens (including phenoxy) is 1. The predicted octanol–water partition coefficient (Wildman–Crippen LogP) is 5.84. The van der Waals surface area contributed by atoms with Crippen molar-refractivity contribution in [2.45, 2.75) is 18.9 Å². The highest BCUT2D eigenvalue weighted by molar-refractivity contribution is 6.33. The number of amides is 1. The number of oxazole rings is 1. The molecule has 4 aromatic rings. The van der Waals surface area contributed by atoms with Crippen LogP contribution < -0.4 is 10.1 Å². The molecule has 32 heavy (non-hydrogen) atoms. The van der Waals surface area contributed by atoms with E-state index in [0.717, 1.165) is 22.4 Å². The molecule has 1 heterocycles. The van der Waals surface area contributed by atoms with Crippen molar-refractivity contribution in [2.75, 3.05) is 7.11 Å². The molecule has 0 aliphatic heterocycles. The zero-order valence-corrected chi connectivity index (χ0v) is 18.4. The maximum Gasteiger partial charge on any atom is 0.221 e. The lowest BCUT2D eigenvalue weighted by molar-refractivity contribution is -0.121. The van der Waals surface area contributed by atoms with Crippen molar-refractivity contribution in [1.29, 1.82) is 0 Å². The SMILES string of the molecule is COc1ccc(C(NC(=O)CCc2ncc(-c3ccccc3Cl)o2)c2ccccc2)cc1. The number of carbonyl (C=O) groups is 1. The van der Waals surface area contributed by atoms with Gasteiger partial charge < -0.3 is 14.5 Å². The number of hydrogen-bond donors (Lipinski definition) is 1. The van der Waals surface area contributed by atoms with Crippen molar-refractivity contribution in [3.8, 4) is 17.1 Å². The molecule has 3 aromatic carbocycles. The van der Waals surface area contributed by atoms with E-state index in [9.17, 15) is 4.79 Å². The minimum Gasteiger partial charge on any atom is -0.497 e. The van der Waals surface area contributed by atoms with Gasteiger partial charge in [0.1, 0.15) is 5.75 Å². The van der Waals surface area contributed by atoms with Crippen molar-refractivity contribution in [3.63, 3.8) is 0 Å². The van der Waals surface area contributed by atoms with Crippen LogP contribution in [0.15, 0.2) is 89.5 Å². The topological polar surface area (TPSA) is 64.4 Å². The lowest BCUT2D eigenvalue weighted by Gasteiger charge is -2.20. The summed E-state index contributed by atoms with van der Waals surface area (Å²) in [6.07, 6.45) is 2.28. The van der Waals surface area contributed by atoms with Crippen molar-refractivity contribution in [1.82, 2.24) is 10.3 Å². The first-order chi connectivity index (χ1) is 15.6. The molecule has 5 nitrogen and oxygen atoms in total. The molecular weight excluding hydrogens is 424 g/mol. The second-order valence-corrected chi connectivity index (χ2v) is 7.69. The monoisotopic (exact) mass is 446 g/mol. The van der Waals surface area contributed by atoms with E-state index in [1.165, 1.54) is 0 Å². The zero-order chi connectivity index (χ0) is 22.3. The molecule has 0 bridgehead atoms. The predicted molar refractivity (Wildman–Crippen MR) is 125 cm³/mol. The summed E-state index contributed by atoms with van der Waals surface area (Å²) in [5.41, 5.74) is 2.76. The van der Waals surface area contributed by atoms with Gasteiger partial charge in [-0.1, -0.05) is 66.2 Å². The van der Waals surface area contributed by atoms with Crippen LogP contribution in [0.5, 0.6) is 5.75 Å². The number of aromatic nitrogens is 1. The fourth-order valence-electron chi connectivity index (χ4n) is 3.47. The third-order valence-electron chi connectivity index (χ3n) is 5.15. The Morgan fingerprint density at radius 1 is 1.00 bits per heavy atom. The minimum atomic E-state index is -0.266. The van der Waals surface area contributed by atoms with Crippen molar-refractivity contribution < 1.29 is 13.9 Å². The number of carbonyl (C=O) groups excluding carboxylic acids is 1. The first kappa shape index (κ1) is 21.7. The summed E-state index contributed by atoms with van der Waals surface area (Å²) in [6.45, 7) is 0. The molecule has 162 valence electrons. The van der Waals surface area contributed by atoms with E-state index < -0.39 is 0 Å². The highest BCUT2D eigenvalue weighted by atomic mass is 35.5. The summed E-state index contributed by atoms with van der Waals surface area (Å²) in [6, 6.07) is 24.7. The van der Waals surface area contributed by atoms with E-state index >= 15 is 0 Å². The van der Waals surface area contributed by atoms with Gasteiger partial charge in [0.15, 0.2) is 11.7 Å². The fourth-order valence-corrected chi connectivity index (χ4v) is 3.69. The smallest absolute Gasteiger partial charge is 0.221 e. The third-order valence-corrected chi connectivity index (χ3v) is 5.48. The molecule has 0 saturated heterocycles. The number of nitrogens with zero attached hydrogens (tertiary/aromatic N) is 1. The molecule has 0 saturated carbocycles. The Balaban J connectivity index is 1.44. The van der Waals surface area contributed by atoms with Gasteiger partial charge in [0.25, 0.3) is 0 Å². The van der Waals surface area contributed by atoms with Crippen LogP contribution >= 0.6 is 11.6 Å². The van der Waals surface area contributed by atoms with E-state index in [0.29, 0.717) is 23.1 Å². The molecular formula is C26H23ClN2O3. The van der Waals surface area contributed by atoms with Crippen molar-refractivity contribution in [2.24, 2.45) is 0 Å². The molecule has 0 aliphatic rings. The Morgan fingerprint density at radius 2 is 1.69 bits per heavy atom. The summed E-state index contributed by atoms with van der Waals surface area (Å²) >= 11 is 6.23. The molecule has 0 spiro atoms. The Labute approximate surface area is 192 Å². The lowest BCUT2D eigenvalue weighted by atomic mass is 9.98. The van der Waals surface area contributed by atoms with Crippen molar-refractivity contribution >= 4 is 17.5 Å². The summed E-state index contributed by atoms with van der Waals surface area (Å²) in [7, 11) is 1.63. The van der Waals surface area contributed by atoms with Gasteiger partial charge in [-0.15, -0.1) is 0 Å². The molecule has 1 unspecified atom stereocenters. The number of hydrogen-bond acceptors (Lipinski definition) is 4. The Hall–Kier alpha value is -3.57. The van der Waals surface area contributed by atoms with Crippen LogP contribution in [0.1, 0.15) is 29.5 Å². The Morgan fingerprint density at radius 3 is 2.41 bits per heavy atom. The zero-order valence-electron chi connectivity index (χ0n) is 17.6. The minimum absolute atomic E-state index is 0.0906. The Bertz CT molecular complexity index is 1170. The second-order valence-electron chi connectivity index (χ2n) is 7.28. The number of halogens is 1. The molecule has 1 aromatic heterocycles. The van der Waals surface area contributed by atoms with E-state index in [1.54, 1.807) is 19.4 Å². The van der Waals surface area contributed by atoms with Gasteiger partial charge in [0, 0.05) is 18.4 Å². The van der Waals surface area contributed by atoms with Gasteiger partial charge in [0.05, 0.1) is 24.4 Å². The quantitative estimate of drug-likeness (QED) is 0.369. The average molecular weight is 447 g/mol. The summed E-state index contributed by atoms with van der Waals surface area (Å²) in [5.74, 6) is 1.76. The molecule has 0 aliphatic carbocycles. The fraction of sp³-hybridized carbons (Fsp3) is 0.154. The molecule has 1 N–H and O–H groups in total. The maximum absolute atomic E-state index is 12.8. The van der Waals surface area contributed by atoms with Gasteiger partial charge in [-0.3, -0.25) is 4.79 Å². The largest absolute Gasteiger partial charge is 0.497 e. The molecule has 6 heteroatoms. The van der Waals surface area contributed by atoms with Crippen LogP contribution in [-0.4, -0.2) is 18.0 Å². The van der Waals surface area contributed by atoms with Crippen LogP contribution in [0.4, 0.5) is 0 Å². The summed E-state index contributed by atoms with van der Waals surface area (Å²) < 4.78 is 11.1. The van der Waals surface area contributed by atoms with E-state index in [-0.39, 0.29) is 18.4 Å². The van der Waals surface area contributed by atoms with E-state index in [2.05, 4.69) is 10.3 Å². The second kappa shape index (κ2) is 10.2. The first-order valence-electron chi connectivity index (χ1n) is 10.3. The van der Waals surface area contributed by atoms with Crippen LogP contribution in [0.25, 0.3) is 11.3 Å².